The number of aliphatic carboxylic acids is 1. The van der Waals surface area contributed by atoms with Crippen molar-refractivity contribution < 1.29 is 54.0 Å². The number of aliphatic hydroxyl groups excluding tert-OH is 4. The van der Waals surface area contributed by atoms with Crippen LogP contribution in [0, 0.1) is 0 Å². The van der Waals surface area contributed by atoms with Gasteiger partial charge in [0.15, 0.2) is 17.6 Å². The smallest absolute Gasteiger partial charge is 0.335 e. The van der Waals surface area contributed by atoms with Gasteiger partial charge in [0, 0.05) is 24.0 Å². The summed E-state index contributed by atoms with van der Waals surface area (Å²) in [6.45, 7) is 1.08. The number of hydrogen-bond acceptors (Lipinski definition) is 11. The van der Waals surface area contributed by atoms with E-state index in [1.54, 1.807) is 13.2 Å². The average molecular weight is 599 g/mol. The molecule has 230 valence electrons. The third-order valence-electron chi connectivity index (χ3n) is 7.06. The van der Waals surface area contributed by atoms with Gasteiger partial charge in [-0.05, 0) is 30.3 Å². The number of carbonyl (C=O) groups is 1. The molecule has 4 aromatic rings. The van der Waals surface area contributed by atoms with E-state index in [0.717, 1.165) is 10.9 Å². The maximum atomic E-state index is 11.5. The van der Waals surface area contributed by atoms with Crippen LogP contribution in [0.3, 0.4) is 0 Å². The van der Waals surface area contributed by atoms with Crippen molar-refractivity contribution in [3.05, 3.63) is 60.7 Å². The molecule has 6 atom stereocenters. The van der Waals surface area contributed by atoms with Crippen molar-refractivity contribution in [2.75, 3.05) is 33.4 Å². The predicted molar refractivity (Wildman–Crippen MR) is 154 cm³/mol. The zero-order valence-electron chi connectivity index (χ0n) is 23.3. The van der Waals surface area contributed by atoms with E-state index < -0.39 is 42.8 Å². The van der Waals surface area contributed by atoms with Crippen LogP contribution in [0.2, 0.25) is 0 Å². The Kier molecular flexibility index (Phi) is 9.50. The number of H-pyrrole nitrogens is 1. The number of rotatable bonds is 13. The molecule has 0 aliphatic carbocycles. The van der Waals surface area contributed by atoms with E-state index in [2.05, 4.69) is 10.3 Å². The molecule has 0 radical (unpaired) electrons. The van der Waals surface area contributed by atoms with Gasteiger partial charge in [-0.1, -0.05) is 30.3 Å². The van der Waals surface area contributed by atoms with Crippen LogP contribution >= 0.6 is 0 Å². The average Bonchev–Trinajstić information content (AvgIpc) is 3.41. The zero-order chi connectivity index (χ0) is 30.5. The van der Waals surface area contributed by atoms with Gasteiger partial charge >= 0.3 is 5.97 Å². The van der Waals surface area contributed by atoms with Gasteiger partial charge in [-0.25, -0.2) is 4.79 Å². The maximum Gasteiger partial charge on any atom is 0.335 e. The van der Waals surface area contributed by atoms with Crippen LogP contribution in [-0.2, 0) is 9.53 Å². The Hall–Kier alpha value is -4.11. The SMILES string of the molecule is COc1ccccc1OCCNCC(O)COc1ccc(O[C@@H]2O[C@H](C(=O)O)[C@@H](O)[C@H](O)[C@H]2O)c2[nH]c3ccccc3c12. The quantitative estimate of drug-likeness (QED) is 0.108. The number of ether oxygens (including phenoxy) is 5. The highest BCUT2D eigenvalue weighted by Gasteiger charge is 2.48. The van der Waals surface area contributed by atoms with Crippen molar-refractivity contribution >= 4 is 27.8 Å². The molecule has 43 heavy (non-hydrogen) atoms. The fourth-order valence-electron chi connectivity index (χ4n) is 4.88. The molecule has 1 fully saturated rings. The van der Waals surface area contributed by atoms with Crippen LogP contribution in [0.5, 0.6) is 23.0 Å². The predicted octanol–water partition coefficient (Wildman–Crippen LogP) is 1.01. The minimum atomic E-state index is -1.84. The third-order valence-corrected chi connectivity index (χ3v) is 7.06. The van der Waals surface area contributed by atoms with Crippen molar-refractivity contribution in [2.24, 2.45) is 0 Å². The summed E-state index contributed by atoms with van der Waals surface area (Å²) >= 11 is 0. The number of aliphatic hydroxyl groups is 4. The molecule has 0 saturated carbocycles. The lowest BCUT2D eigenvalue weighted by molar-refractivity contribution is -0.270. The highest BCUT2D eigenvalue weighted by atomic mass is 16.7. The molecule has 0 amide bonds. The number of carboxylic acids is 1. The monoisotopic (exact) mass is 598 g/mol. The first kappa shape index (κ1) is 30.4. The standard InChI is InChI=1S/C30H34N2O11/c1-39-19-8-4-5-9-20(19)40-13-12-31-14-16(33)15-41-21-10-11-22(24-23(21)17-6-2-3-7-18(17)32-24)42-30-27(36)25(34)26(35)28(43-30)29(37)38/h2-11,16,25-28,30-36H,12-15H2,1H3,(H,37,38)/t16?,25-,26-,27+,28-,30+/m0/s1. The molecule has 2 heterocycles. The van der Waals surface area contributed by atoms with Gasteiger partial charge in [0.1, 0.15) is 49.1 Å². The summed E-state index contributed by atoms with van der Waals surface area (Å²) < 4.78 is 28.1. The van der Waals surface area contributed by atoms with Crippen LogP contribution in [0.25, 0.3) is 21.8 Å². The molecule has 1 aromatic heterocycles. The molecular weight excluding hydrogens is 564 g/mol. The van der Waals surface area contributed by atoms with E-state index in [4.69, 9.17) is 23.7 Å². The second-order valence-corrected chi connectivity index (χ2v) is 10.0. The van der Waals surface area contributed by atoms with Crippen molar-refractivity contribution in [3.8, 4) is 23.0 Å². The van der Waals surface area contributed by atoms with Crippen molar-refractivity contribution in [1.82, 2.24) is 10.3 Å². The summed E-state index contributed by atoms with van der Waals surface area (Å²) in [6.07, 6.45) is -9.58. The summed E-state index contributed by atoms with van der Waals surface area (Å²) in [6, 6.07) is 17.9. The Balaban J connectivity index is 1.25. The van der Waals surface area contributed by atoms with E-state index in [1.807, 2.05) is 48.5 Å². The summed E-state index contributed by atoms with van der Waals surface area (Å²) in [5.41, 5.74) is 1.21. The Morgan fingerprint density at radius 1 is 0.930 bits per heavy atom. The topological polar surface area (TPSA) is 192 Å². The molecule has 0 bridgehead atoms. The number of hydrogen-bond donors (Lipinski definition) is 7. The number of para-hydroxylation sites is 3. The first-order valence-electron chi connectivity index (χ1n) is 13.7. The van der Waals surface area contributed by atoms with Gasteiger partial charge in [0.05, 0.1) is 18.0 Å². The lowest BCUT2D eigenvalue weighted by atomic mass is 9.99. The Labute approximate surface area is 246 Å². The van der Waals surface area contributed by atoms with Crippen LogP contribution in [0.15, 0.2) is 60.7 Å². The first-order chi connectivity index (χ1) is 20.8. The van der Waals surface area contributed by atoms with E-state index in [-0.39, 0.29) is 18.9 Å². The second-order valence-electron chi connectivity index (χ2n) is 10.0. The highest BCUT2D eigenvalue weighted by Crippen LogP contribution is 2.39. The van der Waals surface area contributed by atoms with E-state index >= 15 is 0 Å². The Bertz CT molecular complexity index is 1540. The number of fused-ring (bicyclic) bond motifs is 3. The molecule has 1 aliphatic rings. The van der Waals surface area contributed by atoms with E-state index in [1.165, 1.54) is 6.07 Å². The van der Waals surface area contributed by atoms with Gasteiger partial charge in [-0.15, -0.1) is 0 Å². The van der Waals surface area contributed by atoms with Crippen molar-refractivity contribution in [3.63, 3.8) is 0 Å². The molecular formula is C30H34N2O11. The lowest BCUT2D eigenvalue weighted by Crippen LogP contribution is -2.61. The summed E-state index contributed by atoms with van der Waals surface area (Å²) in [7, 11) is 1.57. The fraction of sp³-hybridized carbons (Fsp3) is 0.367. The number of aromatic amines is 1. The fourth-order valence-corrected chi connectivity index (χ4v) is 4.88. The molecule has 0 spiro atoms. The van der Waals surface area contributed by atoms with Crippen LogP contribution in [0.4, 0.5) is 0 Å². The third kappa shape index (κ3) is 6.62. The molecule has 1 unspecified atom stereocenters. The van der Waals surface area contributed by atoms with Gasteiger partial charge < -0.3 is 59.5 Å². The van der Waals surface area contributed by atoms with Gasteiger partial charge in [-0.2, -0.15) is 0 Å². The van der Waals surface area contributed by atoms with Crippen LogP contribution < -0.4 is 24.3 Å². The number of methoxy groups -OCH3 is 1. The molecule has 5 rings (SSSR count). The molecule has 1 saturated heterocycles. The van der Waals surface area contributed by atoms with Crippen LogP contribution in [-0.4, -0.2) is 107 Å². The van der Waals surface area contributed by atoms with Crippen molar-refractivity contribution in [2.45, 2.75) is 36.8 Å². The Morgan fingerprint density at radius 2 is 1.65 bits per heavy atom. The van der Waals surface area contributed by atoms with Crippen LogP contribution in [0.1, 0.15) is 0 Å². The number of nitrogens with one attached hydrogen (secondary N) is 2. The summed E-state index contributed by atoms with van der Waals surface area (Å²) in [5.74, 6) is 0.392. The zero-order valence-corrected chi connectivity index (χ0v) is 23.3. The van der Waals surface area contributed by atoms with E-state index in [0.29, 0.717) is 41.3 Å². The second kappa shape index (κ2) is 13.5. The molecule has 7 N–H and O–H groups in total. The summed E-state index contributed by atoms with van der Waals surface area (Å²) in [5, 5.41) is 55.0. The van der Waals surface area contributed by atoms with Gasteiger partial charge in [-0.3, -0.25) is 0 Å². The minimum Gasteiger partial charge on any atom is -0.493 e. The van der Waals surface area contributed by atoms with Gasteiger partial charge in [0.2, 0.25) is 6.29 Å². The Morgan fingerprint density at radius 3 is 2.42 bits per heavy atom. The van der Waals surface area contributed by atoms with Gasteiger partial charge in [0.25, 0.3) is 0 Å². The number of aromatic nitrogens is 1. The number of benzene rings is 3. The number of carboxylic acid groups (broad SMARTS) is 1. The van der Waals surface area contributed by atoms with Crippen molar-refractivity contribution in [1.29, 1.82) is 0 Å². The molecule has 3 aromatic carbocycles. The molecule has 13 nitrogen and oxygen atoms in total. The largest absolute Gasteiger partial charge is 0.493 e. The first-order valence-corrected chi connectivity index (χ1v) is 13.7. The van der Waals surface area contributed by atoms with E-state index in [9.17, 15) is 30.3 Å². The maximum absolute atomic E-state index is 11.5. The molecule has 1 aliphatic heterocycles. The molecule has 13 heteroatoms. The minimum absolute atomic E-state index is 0.0238. The highest BCUT2D eigenvalue weighted by molar-refractivity contribution is 6.12. The lowest BCUT2D eigenvalue weighted by Gasteiger charge is -2.38. The normalized spacial score (nSPS) is 22.8. The summed E-state index contributed by atoms with van der Waals surface area (Å²) in [4.78, 5) is 14.7.